The largest absolute Gasteiger partial charge is 0.329 e. The van der Waals surface area contributed by atoms with Gasteiger partial charge in [0.1, 0.15) is 4.34 Å². The zero-order valence-corrected chi connectivity index (χ0v) is 13.1. The van der Waals surface area contributed by atoms with Crippen molar-refractivity contribution >= 4 is 38.9 Å². The molecule has 0 radical (unpaired) electrons. The molecule has 1 saturated heterocycles. The number of nitrogens with zero attached hydrogens (tertiary/aromatic N) is 1. The van der Waals surface area contributed by atoms with Gasteiger partial charge >= 0.3 is 0 Å². The Kier molecular flexibility index (Phi) is 4.89. The Morgan fingerprint density at radius 3 is 2.94 bits per heavy atom. The number of hydrogen-bond donors (Lipinski definition) is 1. The van der Waals surface area contributed by atoms with Crippen LogP contribution >= 0.6 is 38.9 Å². The lowest BCUT2D eigenvalue weighted by atomic mass is 10.1. The first-order valence-electron chi connectivity index (χ1n) is 6.04. The van der Waals surface area contributed by atoms with Gasteiger partial charge in [0, 0.05) is 22.4 Å². The molecule has 1 aliphatic heterocycles. The second-order valence-corrected chi connectivity index (χ2v) is 7.12. The van der Waals surface area contributed by atoms with Crippen molar-refractivity contribution in [3.8, 4) is 0 Å². The van der Waals surface area contributed by atoms with Crippen molar-refractivity contribution in [3.63, 3.8) is 0 Å². The van der Waals surface area contributed by atoms with E-state index in [0.29, 0.717) is 12.6 Å². The number of nitrogens with two attached hydrogens (primary N) is 1. The molecule has 2 atom stereocenters. The zero-order valence-electron chi connectivity index (χ0n) is 9.96. The first-order valence-corrected chi connectivity index (χ1v) is 8.03. The highest BCUT2D eigenvalue weighted by Gasteiger charge is 2.28. The van der Waals surface area contributed by atoms with Crippen LogP contribution in [0, 0.1) is 5.92 Å². The second kappa shape index (κ2) is 6.02. The Labute approximate surface area is 120 Å². The summed E-state index contributed by atoms with van der Waals surface area (Å²) in [5.74, 6) is 0.836. The molecule has 0 aliphatic carbocycles. The third-order valence-electron chi connectivity index (χ3n) is 3.55. The Bertz CT molecular complexity index is 363. The van der Waals surface area contributed by atoms with Crippen molar-refractivity contribution in [1.82, 2.24) is 4.90 Å². The highest BCUT2D eigenvalue weighted by molar-refractivity contribution is 9.10. The Hall–Kier alpha value is 0.390. The molecule has 1 aromatic rings. The van der Waals surface area contributed by atoms with E-state index in [0.717, 1.165) is 21.3 Å². The minimum Gasteiger partial charge on any atom is -0.329 e. The van der Waals surface area contributed by atoms with Crippen molar-refractivity contribution in [3.05, 3.63) is 19.8 Å². The van der Waals surface area contributed by atoms with E-state index in [9.17, 15) is 0 Å². The predicted octanol–water partition coefficient (Wildman–Crippen LogP) is 3.90. The van der Waals surface area contributed by atoms with Gasteiger partial charge in [-0.2, -0.15) is 0 Å². The van der Waals surface area contributed by atoms with E-state index in [1.165, 1.54) is 24.3 Å². The van der Waals surface area contributed by atoms with Gasteiger partial charge in [-0.15, -0.1) is 11.3 Å². The fraction of sp³-hybridized carbons (Fsp3) is 0.667. The van der Waals surface area contributed by atoms with Gasteiger partial charge in [0.05, 0.1) is 6.04 Å². The maximum absolute atomic E-state index is 6.11. The van der Waals surface area contributed by atoms with Crippen LogP contribution < -0.4 is 5.73 Å². The fourth-order valence-electron chi connectivity index (χ4n) is 2.45. The van der Waals surface area contributed by atoms with E-state index in [2.05, 4.69) is 33.8 Å². The van der Waals surface area contributed by atoms with Gasteiger partial charge in [0.25, 0.3) is 0 Å². The van der Waals surface area contributed by atoms with Gasteiger partial charge in [0.15, 0.2) is 0 Å². The average Bonchev–Trinajstić information content (AvgIpc) is 2.89. The normalized spacial score (nSPS) is 23.2. The average molecular weight is 338 g/mol. The molecule has 0 saturated carbocycles. The maximum Gasteiger partial charge on any atom is 0.107 e. The molecule has 2 nitrogen and oxygen atoms in total. The van der Waals surface area contributed by atoms with Crippen molar-refractivity contribution in [2.24, 2.45) is 11.7 Å². The van der Waals surface area contributed by atoms with E-state index in [1.54, 1.807) is 11.3 Å². The molecule has 2 unspecified atom stereocenters. The quantitative estimate of drug-likeness (QED) is 0.903. The number of thiophene rings is 1. The number of likely N-dealkylation sites (tertiary alicyclic amines) is 1. The van der Waals surface area contributed by atoms with Crippen molar-refractivity contribution in [1.29, 1.82) is 0 Å². The van der Waals surface area contributed by atoms with Crippen LogP contribution in [-0.4, -0.2) is 24.5 Å². The summed E-state index contributed by atoms with van der Waals surface area (Å²) < 4.78 is 1.81. The monoisotopic (exact) mass is 336 g/mol. The van der Waals surface area contributed by atoms with Crippen LogP contribution in [-0.2, 0) is 0 Å². The molecule has 0 bridgehead atoms. The first kappa shape index (κ1) is 13.8. The van der Waals surface area contributed by atoms with Gasteiger partial charge in [-0.05, 0) is 40.9 Å². The maximum atomic E-state index is 6.11. The third kappa shape index (κ3) is 3.04. The van der Waals surface area contributed by atoms with E-state index in [4.69, 9.17) is 17.3 Å². The Morgan fingerprint density at radius 2 is 2.47 bits per heavy atom. The molecule has 0 aromatic carbocycles. The van der Waals surface area contributed by atoms with Gasteiger partial charge < -0.3 is 5.73 Å². The van der Waals surface area contributed by atoms with E-state index in [1.807, 2.05) is 0 Å². The molecule has 2 rings (SSSR count). The lowest BCUT2D eigenvalue weighted by Crippen LogP contribution is -2.31. The molecule has 0 spiro atoms. The van der Waals surface area contributed by atoms with Crippen molar-refractivity contribution < 1.29 is 0 Å². The SMILES string of the molecule is CCC1CCN(C(CN)c2cc(Br)c(Cl)s2)C1. The van der Waals surface area contributed by atoms with E-state index in [-0.39, 0.29) is 0 Å². The molecular formula is C12H18BrClN2S. The van der Waals surface area contributed by atoms with Crippen molar-refractivity contribution in [2.45, 2.75) is 25.8 Å². The zero-order chi connectivity index (χ0) is 12.4. The van der Waals surface area contributed by atoms with Crippen LogP contribution in [0.3, 0.4) is 0 Å². The topological polar surface area (TPSA) is 29.3 Å². The summed E-state index contributed by atoms with van der Waals surface area (Å²) in [5, 5.41) is 0. The molecule has 2 N–H and O–H groups in total. The molecule has 17 heavy (non-hydrogen) atoms. The number of hydrogen-bond acceptors (Lipinski definition) is 3. The fourth-order valence-corrected chi connectivity index (χ4v) is 4.34. The molecule has 1 aliphatic rings. The summed E-state index contributed by atoms with van der Waals surface area (Å²) in [4.78, 5) is 3.78. The molecular weight excluding hydrogens is 320 g/mol. The first-order chi connectivity index (χ1) is 8.15. The van der Waals surface area contributed by atoms with Crippen LogP contribution in [0.5, 0.6) is 0 Å². The number of rotatable bonds is 4. The summed E-state index contributed by atoms with van der Waals surface area (Å²) in [6.45, 7) is 5.27. The summed E-state index contributed by atoms with van der Waals surface area (Å²) in [6, 6.07) is 2.45. The molecule has 5 heteroatoms. The lowest BCUT2D eigenvalue weighted by Gasteiger charge is -2.25. The van der Waals surface area contributed by atoms with Crippen LogP contribution in [0.2, 0.25) is 4.34 Å². The van der Waals surface area contributed by atoms with E-state index < -0.39 is 0 Å². The van der Waals surface area contributed by atoms with Crippen LogP contribution in [0.4, 0.5) is 0 Å². The summed E-state index contributed by atoms with van der Waals surface area (Å²) in [6.07, 6.45) is 2.57. The Morgan fingerprint density at radius 1 is 1.71 bits per heavy atom. The number of halogens is 2. The van der Waals surface area contributed by atoms with Gasteiger partial charge in [-0.25, -0.2) is 0 Å². The van der Waals surface area contributed by atoms with Gasteiger partial charge in [0.2, 0.25) is 0 Å². The van der Waals surface area contributed by atoms with Crippen LogP contribution in [0.25, 0.3) is 0 Å². The lowest BCUT2D eigenvalue weighted by molar-refractivity contribution is 0.244. The second-order valence-electron chi connectivity index (χ2n) is 4.58. The molecule has 1 fully saturated rings. The smallest absolute Gasteiger partial charge is 0.107 e. The third-order valence-corrected chi connectivity index (χ3v) is 6.13. The molecule has 96 valence electrons. The van der Waals surface area contributed by atoms with E-state index >= 15 is 0 Å². The van der Waals surface area contributed by atoms with Gasteiger partial charge in [-0.1, -0.05) is 24.9 Å². The van der Waals surface area contributed by atoms with Crippen molar-refractivity contribution in [2.75, 3.05) is 19.6 Å². The Balaban J connectivity index is 2.11. The standard InChI is InChI=1S/C12H18BrClN2S/c1-2-8-3-4-16(7-8)10(6-15)11-5-9(13)12(14)17-11/h5,8,10H,2-4,6-7,15H2,1H3. The summed E-state index contributed by atoms with van der Waals surface area (Å²) in [7, 11) is 0. The summed E-state index contributed by atoms with van der Waals surface area (Å²) in [5.41, 5.74) is 5.94. The summed E-state index contributed by atoms with van der Waals surface area (Å²) >= 11 is 11.2. The molecule has 0 amide bonds. The predicted molar refractivity (Wildman–Crippen MR) is 78.8 cm³/mol. The van der Waals surface area contributed by atoms with Crippen LogP contribution in [0.15, 0.2) is 10.5 Å². The minimum atomic E-state index is 0.334. The van der Waals surface area contributed by atoms with Gasteiger partial charge in [-0.3, -0.25) is 4.90 Å². The minimum absolute atomic E-state index is 0.334. The highest BCUT2D eigenvalue weighted by atomic mass is 79.9. The van der Waals surface area contributed by atoms with Crippen LogP contribution in [0.1, 0.15) is 30.7 Å². The molecule has 1 aromatic heterocycles. The molecule has 2 heterocycles. The highest BCUT2D eigenvalue weighted by Crippen LogP contribution is 2.38.